The molecule has 0 saturated carbocycles. The number of ether oxygens (including phenoxy) is 1. The van der Waals surface area contributed by atoms with Crippen molar-refractivity contribution < 1.29 is 13.9 Å². The lowest BCUT2D eigenvalue weighted by molar-refractivity contribution is -0.121. The van der Waals surface area contributed by atoms with Gasteiger partial charge in [0.2, 0.25) is 0 Å². The molecule has 0 unspecified atom stereocenters. The molecule has 0 radical (unpaired) electrons. The van der Waals surface area contributed by atoms with Crippen molar-refractivity contribution in [1.82, 2.24) is 0 Å². The third kappa shape index (κ3) is 2.89. The second-order valence-corrected chi connectivity index (χ2v) is 5.92. The first-order valence-electron chi connectivity index (χ1n) is 6.21. The van der Waals surface area contributed by atoms with Gasteiger partial charge in [-0.3, -0.25) is 4.79 Å². The Kier molecular flexibility index (Phi) is 3.87. The van der Waals surface area contributed by atoms with Crippen LogP contribution in [0.5, 0.6) is 5.75 Å². The monoisotopic (exact) mass is 369 g/mol. The number of halogens is 3. The fraction of sp³-hybridized carbons (Fsp3) is 0.133. The maximum absolute atomic E-state index is 13.3. The second-order valence-electron chi connectivity index (χ2n) is 4.63. The Labute approximate surface area is 134 Å². The van der Waals surface area contributed by atoms with Crippen LogP contribution in [0.3, 0.4) is 0 Å². The molecule has 0 aliphatic carbocycles. The zero-order valence-corrected chi connectivity index (χ0v) is 13.1. The average molecular weight is 371 g/mol. The van der Waals surface area contributed by atoms with Gasteiger partial charge in [0.1, 0.15) is 11.6 Å². The lowest BCUT2D eigenvalue weighted by Crippen LogP contribution is -2.38. The summed E-state index contributed by atoms with van der Waals surface area (Å²) in [7, 11) is 0. The highest BCUT2D eigenvalue weighted by Gasteiger charge is 2.26. The standard InChI is InChI=1S/C15H10BrClFNO2/c16-11-5-9(1-3-12(11)18)7-19-13-6-10(17)2-4-14(13)21-8-15(19)20/h1-6H,7-8H2. The molecule has 108 valence electrons. The molecule has 1 heterocycles. The first-order chi connectivity index (χ1) is 10.0. The summed E-state index contributed by atoms with van der Waals surface area (Å²) in [5.74, 6) is 0.112. The number of hydrogen-bond donors (Lipinski definition) is 0. The van der Waals surface area contributed by atoms with Crippen LogP contribution in [0.25, 0.3) is 0 Å². The smallest absolute Gasteiger partial charge is 0.265 e. The third-order valence-electron chi connectivity index (χ3n) is 3.19. The van der Waals surface area contributed by atoms with Gasteiger partial charge in [-0.2, -0.15) is 0 Å². The highest BCUT2D eigenvalue weighted by molar-refractivity contribution is 9.10. The van der Waals surface area contributed by atoms with Gasteiger partial charge in [-0.15, -0.1) is 0 Å². The number of amides is 1. The van der Waals surface area contributed by atoms with E-state index in [1.807, 2.05) is 0 Å². The van der Waals surface area contributed by atoms with Crippen molar-refractivity contribution in [2.45, 2.75) is 6.54 Å². The second kappa shape index (κ2) is 5.66. The summed E-state index contributed by atoms with van der Waals surface area (Å²) < 4.78 is 19.0. The quantitative estimate of drug-likeness (QED) is 0.794. The summed E-state index contributed by atoms with van der Waals surface area (Å²) in [6.45, 7) is 0.311. The Morgan fingerprint density at radius 2 is 2.10 bits per heavy atom. The molecule has 3 rings (SSSR count). The van der Waals surface area contributed by atoms with Crippen LogP contribution in [0.4, 0.5) is 10.1 Å². The van der Waals surface area contributed by atoms with E-state index in [4.69, 9.17) is 16.3 Å². The minimum absolute atomic E-state index is 0.0169. The largest absolute Gasteiger partial charge is 0.482 e. The number of benzene rings is 2. The van der Waals surface area contributed by atoms with Gasteiger partial charge in [-0.1, -0.05) is 17.7 Å². The molecule has 0 N–H and O–H groups in total. The minimum Gasteiger partial charge on any atom is -0.482 e. The number of fused-ring (bicyclic) bond motifs is 1. The maximum atomic E-state index is 13.3. The summed E-state index contributed by atoms with van der Waals surface area (Å²) in [5.41, 5.74) is 1.43. The van der Waals surface area contributed by atoms with Crippen LogP contribution in [-0.2, 0) is 11.3 Å². The van der Waals surface area contributed by atoms with Gasteiger partial charge in [-0.05, 0) is 51.8 Å². The summed E-state index contributed by atoms with van der Waals surface area (Å²) in [6.07, 6.45) is 0. The summed E-state index contributed by atoms with van der Waals surface area (Å²) >= 11 is 9.13. The minimum atomic E-state index is -0.338. The van der Waals surface area contributed by atoms with Gasteiger partial charge in [-0.25, -0.2) is 4.39 Å². The summed E-state index contributed by atoms with van der Waals surface area (Å²) in [5, 5.41) is 0.525. The number of carbonyl (C=O) groups is 1. The van der Waals surface area contributed by atoms with E-state index in [0.29, 0.717) is 27.5 Å². The summed E-state index contributed by atoms with van der Waals surface area (Å²) in [6, 6.07) is 9.80. The Morgan fingerprint density at radius 1 is 1.29 bits per heavy atom. The van der Waals surface area contributed by atoms with Gasteiger partial charge in [0, 0.05) is 5.02 Å². The van der Waals surface area contributed by atoms with Crippen LogP contribution in [0.1, 0.15) is 5.56 Å². The van der Waals surface area contributed by atoms with E-state index in [9.17, 15) is 9.18 Å². The van der Waals surface area contributed by atoms with Crippen LogP contribution >= 0.6 is 27.5 Å². The molecule has 0 bridgehead atoms. The first-order valence-corrected chi connectivity index (χ1v) is 7.38. The number of hydrogen-bond acceptors (Lipinski definition) is 2. The van der Waals surface area contributed by atoms with E-state index in [2.05, 4.69) is 15.9 Å². The van der Waals surface area contributed by atoms with Gasteiger partial charge >= 0.3 is 0 Å². The predicted octanol–water partition coefficient (Wildman–Crippen LogP) is 4.17. The van der Waals surface area contributed by atoms with Gasteiger partial charge < -0.3 is 9.64 Å². The van der Waals surface area contributed by atoms with E-state index in [0.717, 1.165) is 5.56 Å². The van der Waals surface area contributed by atoms with Crippen molar-refractivity contribution in [3.63, 3.8) is 0 Å². The molecule has 0 aromatic heterocycles. The Morgan fingerprint density at radius 3 is 2.86 bits per heavy atom. The molecule has 0 spiro atoms. The third-order valence-corrected chi connectivity index (χ3v) is 4.03. The van der Waals surface area contributed by atoms with Crippen molar-refractivity contribution in [2.24, 2.45) is 0 Å². The van der Waals surface area contributed by atoms with E-state index >= 15 is 0 Å². The van der Waals surface area contributed by atoms with Gasteiger partial charge in [0.05, 0.1) is 16.7 Å². The average Bonchev–Trinajstić information content (AvgIpc) is 2.46. The highest BCUT2D eigenvalue weighted by Crippen LogP contribution is 2.35. The Hall–Kier alpha value is -1.59. The van der Waals surface area contributed by atoms with Crippen molar-refractivity contribution in [3.8, 4) is 5.75 Å². The van der Waals surface area contributed by atoms with Crippen LogP contribution < -0.4 is 9.64 Å². The zero-order chi connectivity index (χ0) is 15.0. The molecule has 21 heavy (non-hydrogen) atoms. The number of nitrogens with zero attached hydrogens (tertiary/aromatic N) is 1. The van der Waals surface area contributed by atoms with Gasteiger partial charge in [0.25, 0.3) is 5.91 Å². The van der Waals surface area contributed by atoms with Crippen LogP contribution in [0.2, 0.25) is 5.02 Å². The van der Waals surface area contributed by atoms with Crippen molar-refractivity contribution in [1.29, 1.82) is 0 Å². The number of carbonyl (C=O) groups excluding carboxylic acids is 1. The topological polar surface area (TPSA) is 29.5 Å². The molecule has 1 aliphatic heterocycles. The van der Waals surface area contributed by atoms with Crippen molar-refractivity contribution in [2.75, 3.05) is 11.5 Å². The van der Waals surface area contributed by atoms with Crippen LogP contribution in [0, 0.1) is 5.82 Å². The van der Waals surface area contributed by atoms with Gasteiger partial charge in [0.15, 0.2) is 6.61 Å². The Bertz CT molecular complexity index is 723. The lowest BCUT2D eigenvalue weighted by Gasteiger charge is -2.29. The molecule has 0 atom stereocenters. The molecule has 0 saturated heterocycles. The molecular weight excluding hydrogens is 361 g/mol. The molecule has 3 nitrogen and oxygen atoms in total. The first kappa shape index (κ1) is 14.4. The molecular formula is C15H10BrClFNO2. The van der Waals surface area contributed by atoms with E-state index in [1.165, 1.54) is 6.07 Å². The molecule has 0 fully saturated rings. The molecule has 2 aromatic carbocycles. The van der Waals surface area contributed by atoms with E-state index in [-0.39, 0.29) is 18.3 Å². The highest BCUT2D eigenvalue weighted by atomic mass is 79.9. The van der Waals surface area contributed by atoms with Crippen molar-refractivity contribution in [3.05, 3.63) is 57.3 Å². The fourth-order valence-electron chi connectivity index (χ4n) is 2.17. The molecule has 1 aliphatic rings. The molecule has 6 heteroatoms. The van der Waals surface area contributed by atoms with Crippen LogP contribution in [0.15, 0.2) is 40.9 Å². The predicted molar refractivity (Wildman–Crippen MR) is 82.2 cm³/mol. The van der Waals surface area contributed by atoms with Crippen LogP contribution in [-0.4, -0.2) is 12.5 Å². The van der Waals surface area contributed by atoms with E-state index in [1.54, 1.807) is 35.2 Å². The number of anilines is 1. The normalized spacial score (nSPS) is 13.9. The zero-order valence-electron chi connectivity index (χ0n) is 10.8. The molecule has 2 aromatic rings. The van der Waals surface area contributed by atoms with E-state index < -0.39 is 0 Å². The maximum Gasteiger partial charge on any atom is 0.265 e. The Balaban J connectivity index is 1.96. The lowest BCUT2D eigenvalue weighted by atomic mass is 10.1. The summed E-state index contributed by atoms with van der Waals surface area (Å²) in [4.78, 5) is 13.7. The fourth-order valence-corrected chi connectivity index (χ4v) is 2.76. The SMILES string of the molecule is O=C1COc2ccc(Cl)cc2N1Cc1ccc(F)c(Br)c1. The number of rotatable bonds is 2. The molecule has 1 amide bonds. The van der Waals surface area contributed by atoms with Crippen molar-refractivity contribution >= 4 is 39.1 Å².